The summed E-state index contributed by atoms with van der Waals surface area (Å²) in [5.41, 5.74) is 0. The maximum absolute atomic E-state index is 6.31. The van der Waals surface area contributed by atoms with Crippen molar-refractivity contribution >= 4 is 31.6 Å². The summed E-state index contributed by atoms with van der Waals surface area (Å²) in [7, 11) is -1.54. The van der Waals surface area contributed by atoms with Gasteiger partial charge in [0.25, 0.3) is 0 Å². The Hall–Kier alpha value is -3.23. The third-order valence-corrected chi connectivity index (χ3v) is 12.7. The van der Waals surface area contributed by atoms with Crippen LogP contribution < -0.4 is 4.74 Å². The van der Waals surface area contributed by atoms with Gasteiger partial charge in [-0.05, 0) is 109 Å². The Balaban J connectivity index is 1.46. The molecule has 1 fully saturated rings. The molecular formula is C36H38OS. The van der Waals surface area contributed by atoms with Crippen molar-refractivity contribution in [3.05, 3.63) is 109 Å². The molecule has 0 N–H and O–H groups in total. The molecule has 194 valence electrons. The number of hydrogen-bond donors (Lipinski definition) is 0. The van der Waals surface area contributed by atoms with Crippen LogP contribution >= 0.6 is 10.0 Å². The average molecular weight is 519 g/mol. The van der Waals surface area contributed by atoms with E-state index in [1.54, 1.807) is 0 Å². The van der Waals surface area contributed by atoms with Crippen LogP contribution in [-0.2, 0) is 0 Å². The van der Waals surface area contributed by atoms with E-state index in [0.29, 0.717) is 11.2 Å². The largest absolute Gasteiger partial charge is 0.493 e. The zero-order chi connectivity index (χ0) is 26.0. The van der Waals surface area contributed by atoms with Crippen molar-refractivity contribution in [1.82, 2.24) is 0 Å². The van der Waals surface area contributed by atoms with E-state index in [0.717, 1.165) is 12.4 Å². The molecule has 1 saturated carbocycles. The molecule has 1 aliphatic carbocycles. The van der Waals surface area contributed by atoms with E-state index in [2.05, 4.69) is 123 Å². The minimum Gasteiger partial charge on any atom is -0.493 e. The van der Waals surface area contributed by atoms with Crippen LogP contribution in [0.4, 0.5) is 0 Å². The lowest BCUT2D eigenvalue weighted by molar-refractivity contribution is 0.209. The van der Waals surface area contributed by atoms with Crippen LogP contribution in [0.25, 0.3) is 21.5 Å². The minimum atomic E-state index is -1.54. The number of hydrogen-bond acceptors (Lipinski definition) is 1. The lowest BCUT2D eigenvalue weighted by Gasteiger charge is -2.45. The predicted molar refractivity (Wildman–Crippen MR) is 164 cm³/mol. The zero-order valence-electron chi connectivity index (χ0n) is 22.6. The molecule has 1 nitrogen and oxygen atoms in total. The van der Waals surface area contributed by atoms with Crippen LogP contribution in [0.5, 0.6) is 5.75 Å². The summed E-state index contributed by atoms with van der Waals surface area (Å²) in [6.45, 7) is 5.64. The van der Waals surface area contributed by atoms with Crippen molar-refractivity contribution < 1.29 is 4.74 Å². The maximum Gasteiger partial charge on any atom is 0.119 e. The Kier molecular flexibility index (Phi) is 7.17. The van der Waals surface area contributed by atoms with E-state index in [1.807, 2.05) is 0 Å². The van der Waals surface area contributed by atoms with Crippen molar-refractivity contribution in [2.24, 2.45) is 5.92 Å². The van der Waals surface area contributed by atoms with Crippen LogP contribution in [0.1, 0.15) is 46.0 Å². The van der Waals surface area contributed by atoms with E-state index in [4.69, 9.17) is 4.74 Å². The molecule has 5 aromatic carbocycles. The van der Waals surface area contributed by atoms with E-state index in [-0.39, 0.29) is 0 Å². The van der Waals surface area contributed by atoms with Crippen molar-refractivity contribution in [2.45, 2.75) is 65.9 Å². The van der Waals surface area contributed by atoms with Crippen molar-refractivity contribution in [3.63, 3.8) is 0 Å². The number of ether oxygens (including phenoxy) is 1. The fourth-order valence-corrected chi connectivity index (χ4v) is 10.5. The average Bonchev–Trinajstić information content (AvgIpc) is 2.97. The second kappa shape index (κ2) is 10.9. The van der Waals surface area contributed by atoms with Gasteiger partial charge < -0.3 is 4.74 Å². The van der Waals surface area contributed by atoms with Crippen LogP contribution in [0, 0.1) is 5.92 Å². The van der Waals surface area contributed by atoms with E-state index in [9.17, 15) is 0 Å². The summed E-state index contributed by atoms with van der Waals surface area (Å²) >= 11 is 0. The standard InChI is InChI=1S/C36H38OS/c1-27(2)38(35-20-16-29-12-6-8-14-31(29)24-35,36-21-17-30-13-7-9-15-32(30)25-36)34-22-18-33(19-23-34)37-26-28-10-4-3-5-11-28/h6-9,12-25,27-28H,3-5,10-11,26H2,1-2H3. The van der Waals surface area contributed by atoms with Crippen LogP contribution in [0.2, 0.25) is 0 Å². The summed E-state index contributed by atoms with van der Waals surface area (Å²) < 4.78 is 6.31. The summed E-state index contributed by atoms with van der Waals surface area (Å²) in [6, 6.07) is 40.8. The summed E-state index contributed by atoms with van der Waals surface area (Å²) in [5, 5.41) is 5.60. The summed E-state index contributed by atoms with van der Waals surface area (Å²) in [5.74, 6) is 1.70. The molecule has 0 heterocycles. The Morgan fingerprint density at radius 1 is 0.605 bits per heavy atom. The fourth-order valence-electron chi connectivity index (χ4n) is 6.28. The Morgan fingerprint density at radius 2 is 1.11 bits per heavy atom. The number of benzene rings is 5. The summed E-state index contributed by atoms with van der Waals surface area (Å²) in [4.78, 5) is 4.22. The summed E-state index contributed by atoms with van der Waals surface area (Å²) in [6.07, 6.45) is 6.70. The first-order valence-corrected chi connectivity index (χ1v) is 15.9. The van der Waals surface area contributed by atoms with Gasteiger partial charge in [0.15, 0.2) is 0 Å². The highest BCUT2D eigenvalue weighted by Gasteiger charge is 2.35. The molecule has 2 heteroatoms. The fraction of sp³-hybridized carbons (Fsp3) is 0.278. The van der Waals surface area contributed by atoms with Gasteiger partial charge in [0.1, 0.15) is 5.75 Å². The van der Waals surface area contributed by atoms with Gasteiger partial charge in [-0.2, -0.15) is 10.0 Å². The molecule has 0 atom stereocenters. The van der Waals surface area contributed by atoms with Crippen LogP contribution in [0.3, 0.4) is 0 Å². The molecule has 0 aliphatic heterocycles. The molecule has 0 radical (unpaired) electrons. The third-order valence-electron chi connectivity index (χ3n) is 8.30. The number of rotatable bonds is 7. The van der Waals surface area contributed by atoms with Crippen LogP contribution in [0.15, 0.2) is 124 Å². The van der Waals surface area contributed by atoms with Gasteiger partial charge >= 0.3 is 0 Å². The third kappa shape index (κ3) is 4.71. The van der Waals surface area contributed by atoms with Crippen LogP contribution in [-0.4, -0.2) is 11.9 Å². The zero-order valence-corrected chi connectivity index (χ0v) is 23.4. The first-order valence-electron chi connectivity index (χ1n) is 14.2. The van der Waals surface area contributed by atoms with E-state index >= 15 is 0 Å². The second-order valence-corrected chi connectivity index (χ2v) is 14.7. The Bertz CT molecular complexity index is 1450. The minimum absolute atomic E-state index is 0.416. The van der Waals surface area contributed by atoms with Gasteiger partial charge in [-0.3, -0.25) is 0 Å². The van der Waals surface area contributed by atoms with Crippen molar-refractivity contribution in [1.29, 1.82) is 0 Å². The van der Waals surface area contributed by atoms with Gasteiger partial charge in [-0.25, -0.2) is 0 Å². The van der Waals surface area contributed by atoms with Crippen molar-refractivity contribution in [2.75, 3.05) is 6.61 Å². The highest BCUT2D eigenvalue weighted by Crippen LogP contribution is 2.71. The van der Waals surface area contributed by atoms with Gasteiger partial charge in [0.05, 0.1) is 6.61 Å². The lowest BCUT2D eigenvalue weighted by Crippen LogP contribution is -2.16. The van der Waals surface area contributed by atoms with E-state index in [1.165, 1.54) is 68.3 Å². The topological polar surface area (TPSA) is 9.23 Å². The highest BCUT2D eigenvalue weighted by molar-refractivity contribution is 8.34. The first kappa shape index (κ1) is 25.1. The maximum atomic E-state index is 6.31. The van der Waals surface area contributed by atoms with Crippen molar-refractivity contribution in [3.8, 4) is 5.75 Å². The molecule has 5 aromatic rings. The Morgan fingerprint density at radius 3 is 1.63 bits per heavy atom. The smallest absolute Gasteiger partial charge is 0.119 e. The molecule has 0 saturated heterocycles. The van der Waals surface area contributed by atoms with Gasteiger partial charge in [0, 0.05) is 0 Å². The molecule has 38 heavy (non-hydrogen) atoms. The lowest BCUT2D eigenvalue weighted by atomic mass is 9.90. The molecule has 6 rings (SSSR count). The molecule has 0 unspecified atom stereocenters. The number of fused-ring (bicyclic) bond motifs is 2. The molecule has 0 bridgehead atoms. The molecule has 0 spiro atoms. The van der Waals surface area contributed by atoms with Gasteiger partial charge in [0.2, 0.25) is 0 Å². The van der Waals surface area contributed by atoms with E-state index < -0.39 is 10.0 Å². The predicted octanol–water partition coefficient (Wildman–Crippen LogP) is 10.6. The Labute approximate surface area is 229 Å². The van der Waals surface area contributed by atoms with Gasteiger partial charge in [-0.15, -0.1) is 0 Å². The second-order valence-electron chi connectivity index (χ2n) is 11.0. The monoisotopic (exact) mass is 518 g/mol. The quantitative estimate of drug-likeness (QED) is 0.208. The molecule has 0 amide bonds. The van der Waals surface area contributed by atoms with Gasteiger partial charge in [-0.1, -0.05) is 93.8 Å². The molecular weight excluding hydrogens is 480 g/mol. The molecule has 0 aromatic heterocycles. The highest BCUT2D eigenvalue weighted by atomic mass is 32.3. The normalized spacial score (nSPS) is 15.2. The molecule has 1 aliphatic rings. The first-order chi connectivity index (χ1) is 18.6. The SMILES string of the molecule is CC(C)S(c1ccc(OCC2CCCCC2)cc1)(c1ccc2ccccc2c1)c1ccc2ccccc2c1.